The van der Waals surface area contributed by atoms with E-state index >= 15 is 0 Å². The average molecular weight is 255 g/mol. The third-order valence-corrected chi connectivity index (χ3v) is 2.77. The first-order valence-corrected chi connectivity index (χ1v) is 6.24. The minimum Gasteiger partial charge on any atom is -0.493 e. The van der Waals surface area contributed by atoms with Crippen molar-refractivity contribution >= 4 is 18.0 Å². The molecule has 0 spiro atoms. The Morgan fingerprint density at radius 2 is 2.05 bits per heavy atom. The summed E-state index contributed by atoms with van der Waals surface area (Å²) in [5, 5.41) is 14.2. The van der Waals surface area contributed by atoms with E-state index in [2.05, 4.69) is 10.1 Å². The summed E-state index contributed by atoms with van der Waals surface area (Å²) in [6, 6.07) is 9.70. The zero-order valence-corrected chi connectivity index (χ0v) is 11.1. The minimum atomic E-state index is 0.198. The molecule has 4 nitrogen and oxygen atoms in total. The Morgan fingerprint density at radius 3 is 2.68 bits per heavy atom. The second-order valence-electron chi connectivity index (χ2n) is 4.11. The second-order valence-corrected chi connectivity index (χ2v) is 4.11. The molecular weight excluding hydrogens is 238 g/mol. The van der Waals surface area contributed by atoms with E-state index in [1.165, 1.54) is 0 Å². The number of nitrogens with zero attached hydrogens (tertiary/aromatic N) is 3. The molecule has 0 aliphatic carbocycles. The SMILES string of the molecule is CCn1nc(C)c(/C=C/C=N/c2ccccc2)c1O. The number of aliphatic imine (C=N–C) groups is 1. The first-order valence-electron chi connectivity index (χ1n) is 6.24. The summed E-state index contributed by atoms with van der Waals surface area (Å²) in [5.41, 5.74) is 2.45. The zero-order chi connectivity index (χ0) is 13.7. The number of rotatable bonds is 4. The Balaban J connectivity index is 2.11. The van der Waals surface area contributed by atoms with Gasteiger partial charge in [-0.15, -0.1) is 0 Å². The Hall–Kier alpha value is -2.36. The van der Waals surface area contributed by atoms with Crippen LogP contribution in [-0.4, -0.2) is 21.1 Å². The van der Waals surface area contributed by atoms with Crippen molar-refractivity contribution in [1.29, 1.82) is 0 Å². The van der Waals surface area contributed by atoms with E-state index in [1.54, 1.807) is 17.0 Å². The number of benzene rings is 1. The van der Waals surface area contributed by atoms with E-state index in [-0.39, 0.29) is 5.88 Å². The molecular formula is C15H17N3O. The molecule has 0 radical (unpaired) electrons. The van der Waals surface area contributed by atoms with E-state index in [0.29, 0.717) is 6.54 Å². The monoisotopic (exact) mass is 255 g/mol. The van der Waals surface area contributed by atoms with Gasteiger partial charge in [0, 0.05) is 12.8 Å². The lowest BCUT2D eigenvalue weighted by Crippen LogP contribution is -1.94. The number of aromatic nitrogens is 2. The lowest BCUT2D eigenvalue weighted by molar-refractivity contribution is 0.404. The molecule has 0 saturated carbocycles. The van der Waals surface area contributed by atoms with Crippen LogP contribution < -0.4 is 0 Å². The van der Waals surface area contributed by atoms with Crippen LogP contribution in [0.1, 0.15) is 18.2 Å². The van der Waals surface area contributed by atoms with Crippen LogP contribution in [0, 0.1) is 6.92 Å². The summed E-state index contributed by atoms with van der Waals surface area (Å²) in [6.45, 7) is 4.47. The fraction of sp³-hybridized carbons (Fsp3) is 0.200. The molecule has 0 atom stereocenters. The highest BCUT2D eigenvalue weighted by molar-refractivity contribution is 5.81. The molecule has 2 rings (SSSR count). The number of allylic oxidation sites excluding steroid dienone is 1. The predicted molar refractivity (Wildman–Crippen MR) is 77.9 cm³/mol. The summed E-state index contributed by atoms with van der Waals surface area (Å²) in [6.07, 6.45) is 5.32. The van der Waals surface area contributed by atoms with Crippen molar-refractivity contribution in [2.24, 2.45) is 4.99 Å². The largest absolute Gasteiger partial charge is 0.493 e. The smallest absolute Gasteiger partial charge is 0.217 e. The first kappa shape index (κ1) is 13.1. The van der Waals surface area contributed by atoms with Gasteiger partial charge in [-0.1, -0.05) is 18.2 Å². The molecule has 0 fully saturated rings. The van der Waals surface area contributed by atoms with Gasteiger partial charge in [-0.2, -0.15) is 5.10 Å². The number of hydrogen-bond acceptors (Lipinski definition) is 3. The van der Waals surface area contributed by atoms with Crippen LogP contribution >= 0.6 is 0 Å². The van der Waals surface area contributed by atoms with Crippen LogP contribution in [0.25, 0.3) is 6.08 Å². The summed E-state index contributed by atoms with van der Waals surface area (Å²) in [5.74, 6) is 0.198. The lowest BCUT2D eigenvalue weighted by atomic mass is 10.2. The normalized spacial score (nSPS) is 11.7. The van der Waals surface area contributed by atoms with Crippen LogP contribution in [0.4, 0.5) is 5.69 Å². The average Bonchev–Trinajstić information content (AvgIpc) is 2.71. The fourth-order valence-corrected chi connectivity index (χ4v) is 1.78. The molecule has 0 unspecified atom stereocenters. The topological polar surface area (TPSA) is 50.4 Å². The Kier molecular flexibility index (Phi) is 4.13. The first-order chi connectivity index (χ1) is 9.22. The van der Waals surface area contributed by atoms with Crippen molar-refractivity contribution in [3.05, 3.63) is 47.7 Å². The standard InChI is InChI=1S/C15H17N3O/c1-3-18-15(19)14(12(2)17-18)10-7-11-16-13-8-5-4-6-9-13/h4-11,19H,3H2,1-2H3/b10-7+,16-11+. The molecule has 0 amide bonds. The maximum atomic E-state index is 9.93. The zero-order valence-electron chi connectivity index (χ0n) is 11.1. The Labute approximate surface area is 112 Å². The molecule has 19 heavy (non-hydrogen) atoms. The van der Waals surface area contributed by atoms with Gasteiger partial charge in [0.2, 0.25) is 5.88 Å². The maximum Gasteiger partial charge on any atom is 0.217 e. The van der Waals surface area contributed by atoms with Gasteiger partial charge < -0.3 is 5.11 Å². The van der Waals surface area contributed by atoms with Crippen molar-refractivity contribution in [1.82, 2.24) is 9.78 Å². The van der Waals surface area contributed by atoms with Gasteiger partial charge in [0.15, 0.2) is 0 Å². The fourth-order valence-electron chi connectivity index (χ4n) is 1.78. The van der Waals surface area contributed by atoms with Crippen LogP contribution in [0.5, 0.6) is 5.88 Å². The van der Waals surface area contributed by atoms with E-state index in [4.69, 9.17) is 0 Å². The summed E-state index contributed by atoms with van der Waals surface area (Å²) >= 11 is 0. The highest BCUT2D eigenvalue weighted by atomic mass is 16.3. The van der Waals surface area contributed by atoms with Gasteiger partial charge in [0.25, 0.3) is 0 Å². The van der Waals surface area contributed by atoms with Crippen molar-refractivity contribution in [3.8, 4) is 5.88 Å². The molecule has 1 aromatic heterocycles. The maximum absolute atomic E-state index is 9.93. The van der Waals surface area contributed by atoms with Crippen molar-refractivity contribution < 1.29 is 5.11 Å². The van der Waals surface area contributed by atoms with Crippen LogP contribution in [0.2, 0.25) is 0 Å². The molecule has 1 heterocycles. The molecule has 0 bridgehead atoms. The highest BCUT2D eigenvalue weighted by Crippen LogP contribution is 2.21. The number of hydrogen-bond donors (Lipinski definition) is 1. The number of para-hydroxylation sites is 1. The molecule has 2 aromatic rings. The van der Waals surface area contributed by atoms with Gasteiger partial charge in [-0.25, -0.2) is 4.68 Å². The van der Waals surface area contributed by atoms with E-state index in [9.17, 15) is 5.11 Å². The predicted octanol–water partition coefficient (Wildman–Crippen LogP) is 3.33. The van der Waals surface area contributed by atoms with Crippen LogP contribution in [0.3, 0.4) is 0 Å². The third-order valence-electron chi connectivity index (χ3n) is 2.77. The molecule has 1 aromatic carbocycles. The summed E-state index contributed by atoms with van der Waals surface area (Å²) in [7, 11) is 0. The minimum absolute atomic E-state index is 0.198. The van der Waals surface area contributed by atoms with E-state index in [1.807, 2.05) is 50.3 Å². The van der Waals surface area contributed by atoms with E-state index < -0.39 is 0 Å². The molecule has 0 aliphatic heterocycles. The van der Waals surface area contributed by atoms with E-state index in [0.717, 1.165) is 16.9 Å². The second kappa shape index (κ2) is 6.00. The van der Waals surface area contributed by atoms with Crippen molar-refractivity contribution in [3.63, 3.8) is 0 Å². The molecule has 1 N–H and O–H groups in total. The van der Waals surface area contributed by atoms with Crippen LogP contribution in [-0.2, 0) is 6.54 Å². The quantitative estimate of drug-likeness (QED) is 0.852. The lowest BCUT2D eigenvalue weighted by Gasteiger charge is -1.96. The Bertz CT molecular complexity index is 597. The molecule has 0 saturated heterocycles. The Morgan fingerprint density at radius 1 is 1.32 bits per heavy atom. The summed E-state index contributed by atoms with van der Waals surface area (Å²) < 4.78 is 1.57. The van der Waals surface area contributed by atoms with Gasteiger partial charge >= 0.3 is 0 Å². The van der Waals surface area contributed by atoms with Crippen molar-refractivity contribution in [2.75, 3.05) is 0 Å². The summed E-state index contributed by atoms with van der Waals surface area (Å²) in [4.78, 5) is 4.29. The number of aryl methyl sites for hydroxylation is 2. The van der Waals surface area contributed by atoms with Gasteiger partial charge in [-0.05, 0) is 38.1 Å². The molecule has 4 heteroatoms. The van der Waals surface area contributed by atoms with Crippen molar-refractivity contribution in [2.45, 2.75) is 20.4 Å². The number of aromatic hydroxyl groups is 1. The molecule has 98 valence electrons. The van der Waals surface area contributed by atoms with Gasteiger partial charge in [0.05, 0.1) is 16.9 Å². The highest BCUT2D eigenvalue weighted by Gasteiger charge is 2.09. The van der Waals surface area contributed by atoms with Crippen LogP contribution in [0.15, 0.2) is 41.4 Å². The van der Waals surface area contributed by atoms with Gasteiger partial charge in [-0.3, -0.25) is 4.99 Å². The third kappa shape index (κ3) is 3.10. The van der Waals surface area contributed by atoms with Gasteiger partial charge in [0.1, 0.15) is 0 Å². The molecule has 0 aliphatic rings.